The summed E-state index contributed by atoms with van der Waals surface area (Å²) in [5.41, 5.74) is -0.853. The summed E-state index contributed by atoms with van der Waals surface area (Å²) in [4.78, 5) is 36.4. The number of carbonyl (C=O) groups excluding carboxylic acids is 2. The van der Waals surface area contributed by atoms with Crippen molar-refractivity contribution in [2.45, 2.75) is 39.5 Å². The summed E-state index contributed by atoms with van der Waals surface area (Å²) in [6, 6.07) is 6.54. The first kappa shape index (κ1) is 22.6. The smallest absolute Gasteiger partial charge is 0.543 e. The zero-order valence-electron chi connectivity index (χ0n) is 15.0. The second kappa shape index (κ2) is 10.0. The second-order valence-electron chi connectivity index (χ2n) is 5.60. The van der Waals surface area contributed by atoms with Crippen molar-refractivity contribution in [2.75, 3.05) is 0 Å². The molecular weight excluding hydrogens is 367 g/mol. The van der Waals surface area contributed by atoms with Gasteiger partial charge in [0, 0.05) is 11.4 Å². The minimum atomic E-state index is -1.71. The van der Waals surface area contributed by atoms with Crippen LogP contribution in [0, 0.1) is 0 Å². The summed E-state index contributed by atoms with van der Waals surface area (Å²) in [6.07, 6.45) is 1.77. The van der Waals surface area contributed by atoms with Gasteiger partial charge in [0.2, 0.25) is 5.43 Å². The predicted octanol–water partition coefficient (Wildman–Crippen LogP) is -0.811. The van der Waals surface area contributed by atoms with Gasteiger partial charge < -0.3 is 9.90 Å². The molecule has 0 aliphatic heterocycles. The van der Waals surface area contributed by atoms with Crippen LogP contribution in [0.5, 0.6) is 0 Å². The molecule has 26 heavy (non-hydrogen) atoms. The number of carboxylic acid groups (broad SMARTS) is 1. The Kier molecular flexibility index (Phi) is 8.70. The topological polar surface area (TPSA) is 92.1 Å². The van der Waals surface area contributed by atoms with Crippen LogP contribution in [0.4, 0.5) is 0 Å². The number of hydrogen-bond donors (Lipinski definition) is 0. The van der Waals surface area contributed by atoms with Crippen LogP contribution < -0.4 is 40.1 Å². The molecular formula is C18H18ClN2NaO4. The third-order valence-corrected chi connectivity index (χ3v) is 3.95. The number of aromatic nitrogens is 2. The molecule has 0 bridgehead atoms. The molecule has 6 nitrogen and oxygen atoms in total. The van der Waals surface area contributed by atoms with Gasteiger partial charge in [-0.3, -0.25) is 9.59 Å². The fraction of sp³-hybridized carbons (Fsp3) is 0.333. The number of halogens is 1. The van der Waals surface area contributed by atoms with Crippen molar-refractivity contribution in [1.82, 2.24) is 9.78 Å². The van der Waals surface area contributed by atoms with Gasteiger partial charge in [-0.2, -0.15) is 5.10 Å². The molecule has 2 aromatic rings. The van der Waals surface area contributed by atoms with Crippen molar-refractivity contribution >= 4 is 23.4 Å². The average molecular weight is 385 g/mol. The van der Waals surface area contributed by atoms with E-state index in [-0.39, 0.29) is 47.3 Å². The maximum Gasteiger partial charge on any atom is 1.00 e. The van der Waals surface area contributed by atoms with E-state index in [4.69, 9.17) is 11.6 Å². The zero-order chi connectivity index (χ0) is 18.6. The molecule has 2 rings (SSSR count). The van der Waals surface area contributed by atoms with Gasteiger partial charge in [0.1, 0.15) is 0 Å². The predicted molar refractivity (Wildman–Crippen MR) is 92.4 cm³/mol. The number of rotatable bonds is 7. The van der Waals surface area contributed by atoms with E-state index in [0.29, 0.717) is 35.7 Å². The van der Waals surface area contributed by atoms with E-state index in [1.165, 1.54) is 4.68 Å². The summed E-state index contributed by atoms with van der Waals surface area (Å²) >= 11 is 5.89. The Labute approximate surface area is 178 Å². The normalized spacial score (nSPS) is 10.3. The van der Waals surface area contributed by atoms with Crippen LogP contribution in [0.2, 0.25) is 5.02 Å². The molecule has 1 heterocycles. The van der Waals surface area contributed by atoms with Gasteiger partial charge in [-0.25, -0.2) is 4.68 Å². The van der Waals surface area contributed by atoms with E-state index in [9.17, 15) is 19.5 Å². The Bertz CT molecular complexity index is 863. The van der Waals surface area contributed by atoms with Gasteiger partial charge in [-0.05, 0) is 37.1 Å². The molecule has 0 radical (unpaired) electrons. The molecule has 0 spiro atoms. The molecule has 0 saturated heterocycles. The van der Waals surface area contributed by atoms with E-state index < -0.39 is 17.1 Å². The second-order valence-corrected chi connectivity index (χ2v) is 6.03. The van der Waals surface area contributed by atoms with Crippen molar-refractivity contribution in [2.24, 2.45) is 0 Å². The summed E-state index contributed by atoms with van der Waals surface area (Å²) in [5.74, 6) is -2.09. The molecule has 0 aliphatic rings. The summed E-state index contributed by atoms with van der Waals surface area (Å²) in [6.45, 7) is 3.72. The molecule has 0 amide bonds. The SMILES string of the molecule is CCCC(=O)c1c(CCC)n(-c2ccc(Cl)cc2)nc(C(=O)[O-])c1=O.[Na+]. The number of Topliss-reactive ketones (excluding diaryl/α,β-unsaturated/α-hetero) is 1. The molecule has 132 valence electrons. The number of benzene rings is 1. The number of aromatic carboxylic acids is 1. The standard InChI is InChI=1S/C18H19ClN2O4.Na/c1-3-5-13-15(14(22)6-4-2)17(23)16(18(24)25)20-21(13)12-9-7-11(19)8-10-12;/h7-10H,3-6H2,1-2H3,(H,24,25);/q;+1/p-1. The molecule has 0 N–H and O–H groups in total. The van der Waals surface area contributed by atoms with Crippen molar-refractivity contribution in [3.05, 3.63) is 56.5 Å². The molecule has 8 heteroatoms. The minimum absolute atomic E-state index is 0. The van der Waals surface area contributed by atoms with Crippen LogP contribution in [0.25, 0.3) is 5.69 Å². The fourth-order valence-corrected chi connectivity index (χ4v) is 2.72. The number of carbonyl (C=O) groups is 2. The van der Waals surface area contributed by atoms with Crippen LogP contribution in [-0.2, 0) is 6.42 Å². The summed E-state index contributed by atoms with van der Waals surface area (Å²) in [7, 11) is 0. The number of hydrogen-bond acceptors (Lipinski definition) is 5. The first-order valence-corrected chi connectivity index (χ1v) is 8.45. The Hall–Kier alpha value is -1.47. The largest absolute Gasteiger partial charge is 1.00 e. The van der Waals surface area contributed by atoms with Crippen molar-refractivity contribution < 1.29 is 44.3 Å². The molecule has 0 saturated carbocycles. The van der Waals surface area contributed by atoms with Gasteiger partial charge in [0.25, 0.3) is 0 Å². The van der Waals surface area contributed by atoms with E-state index in [1.54, 1.807) is 24.3 Å². The Morgan fingerprint density at radius 1 is 1.15 bits per heavy atom. The van der Waals surface area contributed by atoms with Gasteiger partial charge in [0.15, 0.2) is 11.5 Å². The Morgan fingerprint density at radius 3 is 2.27 bits per heavy atom. The Balaban J connectivity index is 0.00000338. The molecule has 0 aliphatic carbocycles. The maximum atomic E-state index is 12.5. The van der Waals surface area contributed by atoms with Gasteiger partial charge in [0.05, 0.1) is 22.9 Å². The monoisotopic (exact) mass is 384 g/mol. The Morgan fingerprint density at radius 2 is 1.77 bits per heavy atom. The number of carboxylic acids is 1. The van der Waals surface area contributed by atoms with Crippen molar-refractivity contribution in [3.8, 4) is 5.69 Å². The van der Waals surface area contributed by atoms with Crippen LogP contribution in [0.15, 0.2) is 29.1 Å². The van der Waals surface area contributed by atoms with E-state index in [0.717, 1.165) is 0 Å². The molecule has 0 unspecified atom stereocenters. The quantitative estimate of drug-likeness (QED) is 0.460. The first-order valence-electron chi connectivity index (χ1n) is 8.07. The van der Waals surface area contributed by atoms with Crippen molar-refractivity contribution in [3.63, 3.8) is 0 Å². The molecule has 0 atom stereocenters. The van der Waals surface area contributed by atoms with Crippen molar-refractivity contribution in [1.29, 1.82) is 0 Å². The summed E-state index contributed by atoms with van der Waals surface area (Å²) < 4.78 is 1.33. The maximum absolute atomic E-state index is 12.5. The molecule has 1 aromatic carbocycles. The van der Waals surface area contributed by atoms with E-state index in [1.807, 2.05) is 13.8 Å². The zero-order valence-corrected chi connectivity index (χ0v) is 17.8. The first-order chi connectivity index (χ1) is 11.9. The molecule has 0 fully saturated rings. The van der Waals surface area contributed by atoms with Crippen LogP contribution in [-0.4, -0.2) is 21.5 Å². The molecule has 1 aromatic heterocycles. The van der Waals surface area contributed by atoms with Crippen LogP contribution >= 0.6 is 11.6 Å². The van der Waals surface area contributed by atoms with Gasteiger partial charge in [-0.1, -0.05) is 31.9 Å². The number of ketones is 1. The number of nitrogens with zero attached hydrogens (tertiary/aromatic N) is 2. The van der Waals surface area contributed by atoms with Gasteiger partial charge in [-0.15, -0.1) is 0 Å². The van der Waals surface area contributed by atoms with Gasteiger partial charge >= 0.3 is 29.6 Å². The summed E-state index contributed by atoms with van der Waals surface area (Å²) in [5, 5.41) is 15.8. The van der Waals surface area contributed by atoms with E-state index >= 15 is 0 Å². The van der Waals surface area contributed by atoms with Crippen LogP contribution in [0.1, 0.15) is 59.7 Å². The minimum Gasteiger partial charge on any atom is -0.543 e. The van der Waals surface area contributed by atoms with Crippen LogP contribution in [0.3, 0.4) is 0 Å². The van der Waals surface area contributed by atoms with E-state index in [2.05, 4.69) is 5.10 Å². The fourth-order valence-electron chi connectivity index (χ4n) is 2.60. The third-order valence-electron chi connectivity index (χ3n) is 3.69. The average Bonchev–Trinajstić information content (AvgIpc) is 2.56. The third kappa shape index (κ3) is 4.82.